The zero-order valence-corrected chi connectivity index (χ0v) is 11.8. The Morgan fingerprint density at radius 2 is 1.84 bits per heavy atom. The first kappa shape index (κ1) is 14.4. The van der Waals surface area contributed by atoms with Crippen LogP contribution >= 0.6 is 0 Å². The van der Waals surface area contributed by atoms with Gasteiger partial charge >= 0.3 is 0 Å². The van der Waals surface area contributed by atoms with Crippen molar-refractivity contribution in [1.82, 2.24) is 10.0 Å². The standard InChI is InChI=1S/C13H19FN2O2S/c1-13(6-8-15-9-7-13)10-16-19(17,18)12-4-2-11(14)3-5-12/h2-5,15-16H,6-10H2,1H3. The Hall–Kier alpha value is -0.980. The highest BCUT2D eigenvalue weighted by atomic mass is 32.2. The van der Waals surface area contributed by atoms with E-state index < -0.39 is 15.8 Å². The maximum absolute atomic E-state index is 12.8. The lowest BCUT2D eigenvalue weighted by molar-refractivity contribution is 0.232. The van der Waals surface area contributed by atoms with Crippen molar-refractivity contribution in [2.75, 3.05) is 19.6 Å². The summed E-state index contributed by atoms with van der Waals surface area (Å²) >= 11 is 0. The van der Waals surface area contributed by atoms with Crippen LogP contribution in [0.4, 0.5) is 4.39 Å². The number of benzene rings is 1. The summed E-state index contributed by atoms with van der Waals surface area (Å²) in [5, 5.41) is 3.26. The van der Waals surface area contributed by atoms with Gasteiger partial charge in [0.2, 0.25) is 10.0 Å². The van der Waals surface area contributed by atoms with Gasteiger partial charge in [-0.25, -0.2) is 17.5 Å². The highest BCUT2D eigenvalue weighted by Crippen LogP contribution is 2.27. The summed E-state index contributed by atoms with van der Waals surface area (Å²) in [7, 11) is -3.55. The molecule has 2 rings (SSSR count). The van der Waals surface area contributed by atoms with Crippen molar-refractivity contribution in [2.24, 2.45) is 5.41 Å². The van der Waals surface area contributed by atoms with Gasteiger partial charge in [0.05, 0.1) is 4.90 Å². The Kier molecular flexibility index (Phi) is 4.23. The zero-order valence-electron chi connectivity index (χ0n) is 10.9. The molecule has 0 spiro atoms. The molecule has 1 aliphatic rings. The van der Waals surface area contributed by atoms with Gasteiger partial charge in [0.25, 0.3) is 0 Å². The van der Waals surface area contributed by atoms with Crippen molar-refractivity contribution in [1.29, 1.82) is 0 Å². The van der Waals surface area contributed by atoms with E-state index in [2.05, 4.69) is 17.0 Å². The van der Waals surface area contributed by atoms with Crippen LogP contribution in [0.2, 0.25) is 0 Å². The average Bonchev–Trinajstić information content (AvgIpc) is 2.38. The number of hydrogen-bond acceptors (Lipinski definition) is 3. The van der Waals surface area contributed by atoms with Crippen molar-refractivity contribution >= 4 is 10.0 Å². The maximum Gasteiger partial charge on any atom is 0.240 e. The molecule has 0 aromatic heterocycles. The lowest BCUT2D eigenvalue weighted by Crippen LogP contribution is -2.42. The van der Waals surface area contributed by atoms with Crippen LogP contribution < -0.4 is 10.0 Å². The van der Waals surface area contributed by atoms with E-state index in [1.807, 2.05) is 0 Å². The molecule has 4 nitrogen and oxygen atoms in total. The second kappa shape index (κ2) is 5.56. The molecule has 1 fully saturated rings. The van der Waals surface area contributed by atoms with Crippen LogP contribution in [-0.4, -0.2) is 28.1 Å². The number of halogens is 1. The Morgan fingerprint density at radius 3 is 2.42 bits per heavy atom. The first-order chi connectivity index (χ1) is 8.91. The Balaban J connectivity index is 2.03. The van der Waals surface area contributed by atoms with Crippen LogP contribution in [0.25, 0.3) is 0 Å². The SMILES string of the molecule is CC1(CNS(=O)(=O)c2ccc(F)cc2)CCNCC1. The van der Waals surface area contributed by atoms with E-state index >= 15 is 0 Å². The van der Waals surface area contributed by atoms with Crippen LogP contribution in [0.5, 0.6) is 0 Å². The van der Waals surface area contributed by atoms with Gasteiger partial charge in [0.1, 0.15) is 5.82 Å². The first-order valence-corrected chi connectivity index (χ1v) is 7.86. The van der Waals surface area contributed by atoms with Crippen molar-refractivity contribution in [2.45, 2.75) is 24.7 Å². The smallest absolute Gasteiger partial charge is 0.240 e. The van der Waals surface area contributed by atoms with Crippen LogP contribution in [0.15, 0.2) is 29.2 Å². The molecule has 1 aromatic rings. The van der Waals surface area contributed by atoms with E-state index in [1.165, 1.54) is 12.1 Å². The highest BCUT2D eigenvalue weighted by molar-refractivity contribution is 7.89. The molecule has 0 amide bonds. The fourth-order valence-electron chi connectivity index (χ4n) is 2.17. The van der Waals surface area contributed by atoms with Crippen molar-refractivity contribution in [3.8, 4) is 0 Å². The van der Waals surface area contributed by atoms with E-state index in [1.54, 1.807) is 0 Å². The number of sulfonamides is 1. The molecule has 0 unspecified atom stereocenters. The van der Waals surface area contributed by atoms with Gasteiger partial charge in [0.15, 0.2) is 0 Å². The Bertz CT molecular complexity index is 522. The number of piperidine rings is 1. The zero-order chi connectivity index (χ0) is 13.9. The maximum atomic E-state index is 12.8. The van der Waals surface area contributed by atoms with Gasteiger partial charge in [-0.3, -0.25) is 0 Å². The van der Waals surface area contributed by atoms with Gasteiger partial charge in [-0.05, 0) is 55.6 Å². The largest absolute Gasteiger partial charge is 0.317 e. The number of hydrogen-bond donors (Lipinski definition) is 2. The van der Waals surface area contributed by atoms with Crippen LogP contribution in [0.1, 0.15) is 19.8 Å². The van der Waals surface area contributed by atoms with E-state index in [-0.39, 0.29) is 10.3 Å². The van der Waals surface area contributed by atoms with Gasteiger partial charge in [-0.1, -0.05) is 6.92 Å². The van der Waals surface area contributed by atoms with Gasteiger partial charge in [-0.2, -0.15) is 0 Å². The summed E-state index contributed by atoms with van der Waals surface area (Å²) in [4.78, 5) is 0.103. The fraction of sp³-hybridized carbons (Fsp3) is 0.538. The van der Waals surface area contributed by atoms with E-state index in [4.69, 9.17) is 0 Å². The highest BCUT2D eigenvalue weighted by Gasteiger charge is 2.28. The Morgan fingerprint density at radius 1 is 1.26 bits per heavy atom. The summed E-state index contributed by atoms with van der Waals surface area (Å²) < 4.78 is 39.6. The fourth-order valence-corrected chi connectivity index (χ4v) is 3.37. The molecule has 2 N–H and O–H groups in total. The van der Waals surface area contributed by atoms with Gasteiger partial charge in [0, 0.05) is 6.54 Å². The molecule has 0 saturated carbocycles. The second-order valence-electron chi connectivity index (χ2n) is 5.34. The van der Waals surface area contributed by atoms with Crippen LogP contribution in [0.3, 0.4) is 0 Å². The summed E-state index contributed by atoms with van der Waals surface area (Å²) in [5.41, 5.74) is -0.0155. The molecule has 6 heteroatoms. The third-order valence-corrected chi connectivity index (χ3v) is 5.04. The minimum atomic E-state index is -3.55. The predicted molar refractivity (Wildman–Crippen MR) is 71.8 cm³/mol. The average molecular weight is 286 g/mol. The third-order valence-electron chi connectivity index (χ3n) is 3.62. The third kappa shape index (κ3) is 3.75. The lowest BCUT2D eigenvalue weighted by Gasteiger charge is -2.34. The van der Waals surface area contributed by atoms with Crippen LogP contribution in [0, 0.1) is 11.2 Å². The first-order valence-electron chi connectivity index (χ1n) is 6.37. The van der Waals surface area contributed by atoms with Gasteiger partial charge in [-0.15, -0.1) is 0 Å². The number of rotatable bonds is 4. The normalized spacial score (nSPS) is 19.3. The second-order valence-corrected chi connectivity index (χ2v) is 7.11. The van der Waals surface area contributed by atoms with Crippen molar-refractivity contribution in [3.63, 3.8) is 0 Å². The van der Waals surface area contributed by atoms with E-state index in [9.17, 15) is 12.8 Å². The summed E-state index contributed by atoms with van der Waals surface area (Å²) in [6, 6.07) is 4.87. The minimum Gasteiger partial charge on any atom is -0.317 e. The molecule has 0 aliphatic carbocycles. The summed E-state index contributed by atoms with van der Waals surface area (Å²) in [5.74, 6) is -0.440. The van der Waals surface area contributed by atoms with Crippen molar-refractivity contribution in [3.05, 3.63) is 30.1 Å². The Labute approximate surface area is 113 Å². The lowest BCUT2D eigenvalue weighted by atomic mass is 9.81. The molecule has 0 radical (unpaired) electrons. The molecule has 1 saturated heterocycles. The molecule has 0 bridgehead atoms. The molecule has 19 heavy (non-hydrogen) atoms. The van der Waals surface area contributed by atoms with Crippen LogP contribution in [-0.2, 0) is 10.0 Å². The van der Waals surface area contributed by atoms with Gasteiger partial charge < -0.3 is 5.32 Å². The molecule has 1 aromatic carbocycles. The van der Waals surface area contributed by atoms with E-state index in [0.717, 1.165) is 38.1 Å². The molecular formula is C13H19FN2O2S. The monoisotopic (exact) mass is 286 g/mol. The molecular weight excluding hydrogens is 267 g/mol. The topological polar surface area (TPSA) is 58.2 Å². The summed E-state index contributed by atoms with van der Waals surface area (Å²) in [6.07, 6.45) is 1.89. The summed E-state index contributed by atoms with van der Waals surface area (Å²) in [6.45, 7) is 4.32. The quantitative estimate of drug-likeness (QED) is 0.882. The molecule has 106 valence electrons. The predicted octanol–water partition coefficient (Wildman–Crippen LogP) is 1.49. The molecule has 1 aliphatic heterocycles. The molecule has 1 heterocycles. The minimum absolute atomic E-state index is 0.0155. The van der Waals surface area contributed by atoms with Crippen molar-refractivity contribution < 1.29 is 12.8 Å². The van der Waals surface area contributed by atoms with E-state index in [0.29, 0.717) is 6.54 Å². The molecule has 0 atom stereocenters. The number of nitrogens with one attached hydrogen (secondary N) is 2.